The maximum absolute atomic E-state index is 9.01. The fourth-order valence-corrected chi connectivity index (χ4v) is 1.64. The summed E-state index contributed by atoms with van der Waals surface area (Å²) < 4.78 is 0. The Labute approximate surface area is 98.1 Å². The smallest absolute Gasteiger partial charge is 0.0618 e. The van der Waals surface area contributed by atoms with Crippen LogP contribution in [0, 0.1) is 0 Å². The van der Waals surface area contributed by atoms with E-state index in [0.717, 1.165) is 12.8 Å². The van der Waals surface area contributed by atoms with Crippen molar-refractivity contribution in [2.45, 2.75) is 26.7 Å². The van der Waals surface area contributed by atoms with Crippen molar-refractivity contribution in [2.24, 2.45) is 0 Å². The van der Waals surface area contributed by atoms with Crippen molar-refractivity contribution in [2.75, 3.05) is 6.61 Å². The Morgan fingerprint density at radius 1 is 1.12 bits per heavy atom. The monoisotopic (exact) mass is 216 g/mol. The van der Waals surface area contributed by atoms with Crippen LogP contribution in [-0.4, -0.2) is 11.7 Å². The first-order chi connectivity index (χ1) is 7.74. The lowest BCUT2D eigenvalue weighted by Gasteiger charge is -2.06. The van der Waals surface area contributed by atoms with Crippen LogP contribution in [0.5, 0.6) is 0 Å². The molecule has 0 amide bonds. The van der Waals surface area contributed by atoms with Gasteiger partial charge in [-0.25, -0.2) is 0 Å². The van der Waals surface area contributed by atoms with Gasteiger partial charge in [-0.1, -0.05) is 48.1 Å². The van der Waals surface area contributed by atoms with Crippen molar-refractivity contribution < 1.29 is 5.11 Å². The Morgan fingerprint density at radius 3 is 2.38 bits per heavy atom. The van der Waals surface area contributed by atoms with Crippen LogP contribution in [0.25, 0.3) is 5.57 Å². The summed E-state index contributed by atoms with van der Waals surface area (Å²) in [5, 5.41) is 9.01. The third kappa shape index (κ3) is 4.45. The van der Waals surface area contributed by atoms with Gasteiger partial charge in [-0.3, -0.25) is 0 Å². The molecule has 0 radical (unpaired) electrons. The number of aliphatic hydroxyl groups excluding tert-OH is 1. The molecular formula is C15H20O. The van der Waals surface area contributed by atoms with Crippen molar-refractivity contribution in [3.05, 3.63) is 53.6 Å². The van der Waals surface area contributed by atoms with Gasteiger partial charge in [-0.05, 0) is 37.8 Å². The minimum absolute atomic E-state index is 0.110. The van der Waals surface area contributed by atoms with Crippen LogP contribution in [0.2, 0.25) is 0 Å². The quantitative estimate of drug-likeness (QED) is 0.742. The average Bonchev–Trinajstić information content (AvgIpc) is 2.29. The van der Waals surface area contributed by atoms with E-state index in [4.69, 9.17) is 5.11 Å². The van der Waals surface area contributed by atoms with Gasteiger partial charge in [0.05, 0.1) is 6.61 Å². The zero-order chi connectivity index (χ0) is 11.8. The van der Waals surface area contributed by atoms with E-state index < -0.39 is 0 Å². The van der Waals surface area contributed by atoms with Gasteiger partial charge in [-0.2, -0.15) is 0 Å². The minimum atomic E-state index is 0.110. The molecule has 1 rings (SSSR count). The van der Waals surface area contributed by atoms with Crippen molar-refractivity contribution >= 4 is 5.57 Å². The Balaban J connectivity index is 2.70. The molecule has 0 aliphatic rings. The molecule has 0 saturated heterocycles. The molecular weight excluding hydrogens is 196 g/mol. The summed E-state index contributed by atoms with van der Waals surface area (Å²) >= 11 is 0. The third-order valence-electron chi connectivity index (χ3n) is 2.45. The van der Waals surface area contributed by atoms with Crippen LogP contribution in [0.4, 0.5) is 0 Å². The Kier molecular flexibility index (Phi) is 5.58. The van der Waals surface area contributed by atoms with E-state index in [0.29, 0.717) is 0 Å². The molecule has 0 aliphatic heterocycles. The first-order valence-electron chi connectivity index (χ1n) is 5.72. The van der Waals surface area contributed by atoms with Gasteiger partial charge >= 0.3 is 0 Å². The summed E-state index contributed by atoms with van der Waals surface area (Å²) in [4.78, 5) is 0. The molecule has 0 heterocycles. The summed E-state index contributed by atoms with van der Waals surface area (Å²) in [5.74, 6) is 0. The van der Waals surface area contributed by atoms with Crippen molar-refractivity contribution in [1.29, 1.82) is 0 Å². The molecule has 1 heteroatoms. The summed E-state index contributed by atoms with van der Waals surface area (Å²) in [7, 11) is 0. The molecule has 16 heavy (non-hydrogen) atoms. The SMILES string of the molecule is CC(C)=CCC/C(=C/CO)c1ccccc1. The standard InChI is InChI=1S/C15H20O/c1-13(2)7-6-10-15(11-12-16)14-8-4-3-5-9-14/h3-5,7-9,11,16H,6,10,12H2,1-2H3/b15-11-. The molecule has 0 aliphatic carbocycles. The van der Waals surface area contributed by atoms with Crippen LogP contribution >= 0.6 is 0 Å². The zero-order valence-corrected chi connectivity index (χ0v) is 10.1. The molecule has 0 unspecified atom stereocenters. The van der Waals surface area contributed by atoms with Crippen molar-refractivity contribution in [3.63, 3.8) is 0 Å². The molecule has 86 valence electrons. The van der Waals surface area contributed by atoms with Gasteiger partial charge in [0.15, 0.2) is 0 Å². The average molecular weight is 216 g/mol. The Bertz CT molecular complexity index is 356. The largest absolute Gasteiger partial charge is 0.392 e. The third-order valence-corrected chi connectivity index (χ3v) is 2.45. The highest BCUT2D eigenvalue weighted by Gasteiger charge is 1.99. The first kappa shape index (κ1) is 12.7. The zero-order valence-electron chi connectivity index (χ0n) is 10.1. The van der Waals surface area contributed by atoms with Crippen molar-refractivity contribution in [3.8, 4) is 0 Å². The summed E-state index contributed by atoms with van der Waals surface area (Å²) in [6, 6.07) is 10.2. The van der Waals surface area contributed by atoms with E-state index in [-0.39, 0.29) is 6.61 Å². The van der Waals surface area contributed by atoms with Crippen LogP contribution in [0.15, 0.2) is 48.1 Å². The molecule has 0 fully saturated rings. The molecule has 1 nitrogen and oxygen atoms in total. The molecule has 1 aromatic carbocycles. The van der Waals surface area contributed by atoms with Gasteiger partial charge in [0.1, 0.15) is 0 Å². The maximum atomic E-state index is 9.01. The highest BCUT2D eigenvalue weighted by molar-refractivity contribution is 5.65. The topological polar surface area (TPSA) is 20.2 Å². The second-order valence-electron chi connectivity index (χ2n) is 4.10. The fraction of sp³-hybridized carbons (Fsp3) is 0.333. The number of hydrogen-bond donors (Lipinski definition) is 1. The molecule has 1 aromatic rings. The molecule has 0 atom stereocenters. The predicted molar refractivity (Wildman–Crippen MR) is 70.2 cm³/mol. The molecule has 0 aromatic heterocycles. The highest BCUT2D eigenvalue weighted by Crippen LogP contribution is 2.19. The Hall–Kier alpha value is -1.34. The molecule has 1 N–H and O–H groups in total. The number of benzene rings is 1. The van der Waals surface area contributed by atoms with E-state index in [9.17, 15) is 0 Å². The lowest BCUT2D eigenvalue weighted by molar-refractivity contribution is 0.343. The Morgan fingerprint density at radius 2 is 1.81 bits per heavy atom. The lowest BCUT2D eigenvalue weighted by atomic mass is 10.0. The van der Waals surface area contributed by atoms with Crippen molar-refractivity contribution in [1.82, 2.24) is 0 Å². The number of allylic oxidation sites excluding steroid dienone is 3. The van der Waals surface area contributed by atoms with Crippen LogP contribution in [0.3, 0.4) is 0 Å². The van der Waals surface area contributed by atoms with Gasteiger partial charge in [0.2, 0.25) is 0 Å². The second kappa shape index (κ2) is 7.02. The second-order valence-corrected chi connectivity index (χ2v) is 4.10. The van der Waals surface area contributed by atoms with Gasteiger partial charge < -0.3 is 5.11 Å². The number of rotatable bonds is 5. The highest BCUT2D eigenvalue weighted by atomic mass is 16.2. The van der Waals surface area contributed by atoms with Crippen LogP contribution < -0.4 is 0 Å². The van der Waals surface area contributed by atoms with E-state index in [1.54, 1.807) is 0 Å². The van der Waals surface area contributed by atoms with Gasteiger partial charge in [0.25, 0.3) is 0 Å². The normalized spacial score (nSPS) is 11.3. The fourth-order valence-electron chi connectivity index (χ4n) is 1.64. The summed E-state index contributed by atoms with van der Waals surface area (Å²) in [6.07, 6.45) is 6.14. The molecule has 0 saturated carbocycles. The predicted octanol–water partition coefficient (Wildman–Crippen LogP) is 3.81. The van der Waals surface area contributed by atoms with Gasteiger partial charge in [0, 0.05) is 0 Å². The summed E-state index contributed by atoms with van der Waals surface area (Å²) in [6.45, 7) is 4.33. The van der Waals surface area contributed by atoms with E-state index in [1.807, 2.05) is 24.3 Å². The number of aliphatic hydroxyl groups is 1. The number of hydrogen-bond acceptors (Lipinski definition) is 1. The van der Waals surface area contributed by atoms with E-state index >= 15 is 0 Å². The van der Waals surface area contributed by atoms with Gasteiger partial charge in [-0.15, -0.1) is 0 Å². The summed E-state index contributed by atoms with van der Waals surface area (Å²) in [5.41, 5.74) is 3.77. The maximum Gasteiger partial charge on any atom is 0.0618 e. The lowest BCUT2D eigenvalue weighted by Crippen LogP contribution is -1.87. The molecule has 0 spiro atoms. The van der Waals surface area contributed by atoms with Crippen LogP contribution in [-0.2, 0) is 0 Å². The van der Waals surface area contributed by atoms with E-state index in [2.05, 4.69) is 32.1 Å². The van der Waals surface area contributed by atoms with Crippen LogP contribution in [0.1, 0.15) is 32.3 Å². The van der Waals surface area contributed by atoms with E-state index in [1.165, 1.54) is 16.7 Å². The first-order valence-corrected chi connectivity index (χ1v) is 5.72. The molecule has 0 bridgehead atoms. The minimum Gasteiger partial charge on any atom is -0.392 e.